The van der Waals surface area contributed by atoms with Crippen LogP contribution in [0.5, 0.6) is 5.75 Å². The molecule has 118 valence electrons. The summed E-state index contributed by atoms with van der Waals surface area (Å²) >= 11 is 0. The highest BCUT2D eigenvalue weighted by Gasteiger charge is 2.28. The third kappa shape index (κ3) is 4.21. The van der Waals surface area contributed by atoms with E-state index in [0.717, 1.165) is 5.56 Å². The average Bonchev–Trinajstić information content (AvgIpc) is 2.97. The predicted molar refractivity (Wildman–Crippen MR) is 77.0 cm³/mol. The van der Waals surface area contributed by atoms with Gasteiger partial charge in [0.25, 0.3) is 5.91 Å². The number of amides is 2. The second-order valence-corrected chi connectivity index (χ2v) is 4.86. The van der Waals surface area contributed by atoms with Gasteiger partial charge in [-0.05, 0) is 12.5 Å². The summed E-state index contributed by atoms with van der Waals surface area (Å²) in [6.07, 6.45) is 0.709. The Hall–Kier alpha value is -2.57. The van der Waals surface area contributed by atoms with Crippen molar-refractivity contribution in [3.63, 3.8) is 0 Å². The van der Waals surface area contributed by atoms with Crippen LogP contribution in [-0.2, 0) is 25.7 Å². The minimum Gasteiger partial charge on any atom is -0.496 e. The first-order valence-electron chi connectivity index (χ1n) is 6.94. The number of para-hydroxylation sites is 1. The molecule has 1 aromatic carbocycles. The summed E-state index contributed by atoms with van der Waals surface area (Å²) in [4.78, 5) is 34.3. The summed E-state index contributed by atoms with van der Waals surface area (Å²) in [5, 5.41) is 5.13. The van der Waals surface area contributed by atoms with Crippen LogP contribution in [0.2, 0.25) is 0 Å². The highest BCUT2D eigenvalue weighted by Crippen LogP contribution is 2.16. The van der Waals surface area contributed by atoms with Crippen molar-refractivity contribution in [2.75, 3.05) is 13.7 Å². The molecule has 0 radical (unpaired) electrons. The van der Waals surface area contributed by atoms with E-state index in [9.17, 15) is 14.4 Å². The van der Waals surface area contributed by atoms with Gasteiger partial charge in [0.1, 0.15) is 11.8 Å². The molecule has 1 aliphatic heterocycles. The van der Waals surface area contributed by atoms with Crippen LogP contribution in [-0.4, -0.2) is 37.5 Å². The Morgan fingerprint density at radius 2 is 2.14 bits per heavy atom. The van der Waals surface area contributed by atoms with Crippen molar-refractivity contribution < 1.29 is 23.9 Å². The monoisotopic (exact) mass is 306 g/mol. The summed E-state index contributed by atoms with van der Waals surface area (Å²) < 4.78 is 10.1. The number of hydrogen-bond acceptors (Lipinski definition) is 5. The largest absolute Gasteiger partial charge is 0.496 e. The van der Waals surface area contributed by atoms with Crippen molar-refractivity contribution in [1.29, 1.82) is 0 Å². The van der Waals surface area contributed by atoms with Crippen LogP contribution in [0.4, 0.5) is 0 Å². The number of carbonyl (C=O) groups excluding carboxylic acids is 3. The summed E-state index contributed by atoms with van der Waals surface area (Å²) in [5.41, 5.74) is 0.827. The first kappa shape index (κ1) is 15.8. The van der Waals surface area contributed by atoms with Gasteiger partial charge in [0.2, 0.25) is 5.91 Å². The van der Waals surface area contributed by atoms with Crippen LogP contribution in [0, 0.1) is 0 Å². The van der Waals surface area contributed by atoms with E-state index in [4.69, 9.17) is 9.47 Å². The quantitative estimate of drug-likeness (QED) is 0.729. The minimum atomic E-state index is -0.644. The lowest BCUT2D eigenvalue weighted by molar-refractivity contribution is -0.150. The van der Waals surface area contributed by atoms with Crippen molar-refractivity contribution in [3.8, 4) is 5.75 Å². The number of hydrogen-bond donors (Lipinski definition) is 2. The SMILES string of the molecule is COc1ccccc1CNC(=O)COC(=O)[C@H]1CCC(=O)N1. The lowest BCUT2D eigenvalue weighted by Crippen LogP contribution is -2.37. The number of esters is 1. The molecule has 0 aliphatic carbocycles. The fraction of sp³-hybridized carbons (Fsp3) is 0.400. The van der Waals surface area contributed by atoms with Gasteiger partial charge in [0.15, 0.2) is 6.61 Å². The van der Waals surface area contributed by atoms with Crippen molar-refractivity contribution in [3.05, 3.63) is 29.8 Å². The van der Waals surface area contributed by atoms with Gasteiger partial charge in [-0.15, -0.1) is 0 Å². The van der Waals surface area contributed by atoms with Crippen LogP contribution in [0.1, 0.15) is 18.4 Å². The average molecular weight is 306 g/mol. The maximum absolute atomic E-state index is 11.7. The maximum Gasteiger partial charge on any atom is 0.329 e. The van der Waals surface area contributed by atoms with Crippen LogP contribution >= 0.6 is 0 Å². The molecule has 0 spiro atoms. The molecule has 1 saturated heterocycles. The molecule has 0 saturated carbocycles. The third-order valence-corrected chi connectivity index (χ3v) is 3.29. The molecular formula is C15H18N2O5. The van der Waals surface area contributed by atoms with Crippen molar-refractivity contribution >= 4 is 17.8 Å². The molecule has 1 aliphatic rings. The van der Waals surface area contributed by atoms with Gasteiger partial charge in [0, 0.05) is 18.5 Å². The lowest BCUT2D eigenvalue weighted by Gasteiger charge is -2.11. The highest BCUT2D eigenvalue weighted by molar-refractivity contribution is 5.89. The lowest BCUT2D eigenvalue weighted by atomic mass is 10.2. The van der Waals surface area contributed by atoms with Crippen LogP contribution in [0.15, 0.2) is 24.3 Å². The summed E-state index contributed by atoms with van der Waals surface area (Å²) in [6.45, 7) is -0.0963. The smallest absolute Gasteiger partial charge is 0.329 e. The Labute approximate surface area is 128 Å². The first-order valence-corrected chi connectivity index (χ1v) is 6.94. The number of benzene rings is 1. The first-order chi connectivity index (χ1) is 10.6. The Morgan fingerprint density at radius 3 is 2.82 bits per heavy atom. The predicted octanol–water partition coefficient (Wildman–Crippen LogP) is 0.133. The van der Waals surface area contributed by atoms with E-state index in [0.29, 0.717) is 18.6 Å². The van der Waals surface area contributed by atoms with Crippen LogP contribution in [0.25, 0.3) is 0 Å². The molecule has 1 heterocycles. The molecule has 1 atom stereocenters. The number of carbonyl (C=O) groups is 3. The molecule has 2 amide bonds. The minimum absolute atomic E-state index is 0.178. The Balaban J connectivity index is 1.74. The Bertz CT molecular complexity index is 573. The fourth-order valence-electron chi connectivity index (χ4n) is 2.12. The summed E-state index contributed by atoms with van der Waals surface area (Å²) in [5.74, 6) is -0.502. The van der Waals surface area contributed by atoms with E-state index in [2.05, 4.69) is 10.6 Å². The zero-order valence-electron chi connectivity index (χ0n) is 12.3. The van der Waals surface area contributed by atoms with E-state index in [1.54, 1.807) is 13.2 Å². The standard InChI is InChI=1S/C15H18N2O5/c1-21-12-5-3-2-4-10(12)8-16-14(19)9-22-15(20)11-6-7-13(18)17-11/h2-5,11H,6-9H2,1H3,(H,16,19)(H,17,18)/t11-/m1/s1. The van der Waals surface area contributed by atoms with Gasteiger partial charge >= 0.3 is 5.97 Å². The van der Waals surface area contributed by atoms with Crippen molar-refractivity contribution in [2.45, 2.75) is 25.4 Å². The molecule has 2 N–H and O–H groups in total. The van der Waals surface area contributed by atoms with E-state index >= 15 is 0 Å². The fourth-order valence-corrected chi connectivity index (χ4v) is 2.12. The second kappa shape index (κ2) is 7.44. The topological polar surface area (TPSA) is 93.7 Å². The van der Waals surface area contributed by atoms with Gasteiger partial charge in [-0.25, -0.2) is 4.79 Å². The number of ether oxygens (including phenoxy) is 2. The third-order valence-electron chi connectivity index (χ3n) is 3.29. The molecule has 1 aromatic rings. The number of nitrogens with one attached hydrogen (secondary N) is 2. The van der Waals surface area contributed by atoms with Crippen molar-refractivity contribution in [1.82, 2.24) is 10.6 Å². The van der Waals surface area contributed by atoms with Gasteiger partial charge in [0.05, 0.1) is 7.11 Å². The van der Waals surface area contributed by atoms with Gasteiger partial charge in [-0.2, -0.15) is 0 Å². The Kier molecular flexibility index (Phi) is 5.35. The van der Waals surface area contributed by atoms with Gasteiger partial charge in [-0.1, -0.05) is 18.2 Å². The van der Waals surface area contributed by atoms with Gasteiger partial charge in [-0.3, -0.25) is 9.59 Å². The Morgan fingerprint density at radius 1 is 1.36 bits per heavy atom. The van der Waals surface area contributed by atoms with E-state index in [1.165, 1.54) is 0 Å². The zero-order chi connectivity index (χ0) is 15.9. The molecule has 0 unspecified atom stereocenters. The van der Waals surface area contributed by atoms with E-state index in [1.807, 2.05) is 18.2 Å². The number of methoxy groups -OCH3 is 1. The zero-order valence-corrected chi connectivity index (χ0v) is 12.3. The van der Waals surface area contributed by atoms with Crippen LogP contribution < -0.4 is 15.4 Å². The maximum atomic E-state index is 11.7. The molecule has 7 nitrogen and oxygen atoms in total. The number of rotatable bonds is 6. The molecule has 22 heavy (non-hydrogen) atoms. The molecule has 0 bridgehead atoms. The second-order valence-electron chi connectivity index (χ2n) is 4.86. The van der Waals surface area contributed by atoms with Gasteiger partial charge < -0.3 is 20.1 Å². The molecule has 7 heteroatoms. The summed E-state index contributed by atoms with van der Waals surface area (Å²) in [6, 6.07) is 6.66. The van der Waals surface area contributed by atoms with Crippen molar-refractivity contribution in [2.24, 2.45) is 0 Å². The van der Waals surface area contributed by atoms with E-state index < -0.39 is 17.9 Å². The van der Waals surface area contributed by atoms with Crippen LogP contribution in [0.3, 0.4) is 0 Å². The highest BCUT2D eigenvalue weighted by atomic mass is 16.5. The normalized spacial score (nSPS) is 16.8. The summed E-state index contributed by atoms with van der Waals surface area (Å²) in [7, 11) is 1.55. The van der Waals surface area contributed by atoms with E-state index in [-0.39, 0.29) is 19.1 Å². The molecular weight excluding hydrogens is 288 g/mol. The molecule has 0 aromatic heterocycles. The molecule has 2 rings (SSSR count). The molecule has 1 fully saturated rings.